The van der Waals surface area contributed by atoms with Crippen molar-refractivity contribution in [3.05, 3.63) is 82.1 Å². The fraction of sp³-hybridized carbons (Fsp3) is 0.227. The second kappa shape index (κ2) is 11.6. The molecule has 1 N–H and O–H groups in total. The zero-order valence-electron chi connectivity index (χ0n) is 17.0. The van der Waals surface area contributed by atoms with Crippen LogP contribution in [0.25, 0.3) is 0 Å². The van der Waals surface area contributed by atoms with Gasteiger partial charge in [-0.15, -0.1) is 28.5 Å². The van der Waals surface area contributed by atoms with Crippen LogP contribution in [0.3, 0.4) is 0 Å². The molecule has 1 aromatic heterocycles. The summed E-state index contributed by atoms with van der Waals surface area (Å²) in [6.07, 6.45) is 1.80. The molecule has 0 aliphatic heterocycles. The van der Waals surface area contributed by atoms with Gasteiger partial charge in [0.25, 0.3) is 0 Å². The number of aromatic nitrogens is 3. The molecular formula is C22H22Cl2N4OS2. The van der Waals surface area contributed by atoms with Crippen molar-refractivity contribution in [2.75, 3.05) is 11.1 Å². The number of hydrogen-bond acceptors (Lipinski definition) is 5. The number of nitrogens with one attached hydrogen (secondary N) is 1. The lowest BCUT2D eigenvalue weighted by molar-refractivity contribution is -0.113. The third-order valence-electron chi connectivity index (χ3n) is 4.26. The van der Waals surface area contributed by atoms with Gasteiger partial charge in [0.2, 0.25) is 5.91 Å². The Hall–Kier alpha value is -1.93. The molecule has 5 nitrogen and oxygen atoms in total. The number of nitrogens with zero attached hydrogens (tertiary/aromatic N) is 3. The Bertz CT molecular complexity index is 1050. The van der Waals surface area contributed by atoms with Gasteiger partial charge in [-0.05, 0) is 30.7 Å². The van der Waals surface area contributed by atoms with Crippen molar-refractivity contribution in [3.63, 3.8) is 0 Å². The fourth-order valence-corrected chi connectivity index (χ4v) is 4.73. The van der Waals surface area contributed by atoms with Gasteiger partial charge in [-0.25, -0.2) is 0 Å². The summed E-state index contributed by atoms with van der Waals surface area (Å²) < 4.78 is 1.99. The van der Waals surface area contributed by atoms with Crippen LogP contribution in [0.2, 0.25) is 10.0 Å². The van der Waals surface area contributed by atoms with Crippen LogP contribution in [0.1, 0.15) is 17.0 Å². The van der Waals surface area contributed by atoms with Crippen LogP contribution in [-0.4, -0.2) is 26.4 Å². The van der Waals surface area contributed by atoms with Crippen LogP contribution in [0.5, 0.6) is 0 Å². The molecule has 0 radical (unpaired) electrons. The number of allylic oxidation sites excluding steroid dienone is 1. The van der Waals surface area contributed by atoms with E-state index in [4.69, 9.17) is 23.2 Å². The van der Waals surface area contributed by atoms with Crippen molar-refractivity contribution in [3.8, 4) is 0 Å². The van der Waals surface area contributed by atoms with Crippen LogP contribution < -0.4 is 5.32 Å². The third kappa shape index (κ3) is 7.04. The smallest absolute Gasteiger partial charge is 0.234 e. The van der Waals surface area contributed by atoms with E-state index in [1.165, 1.54) is 22.9 Å². The molecular weight excluding hydrogens is 471 g/mol. The highest BCUT2D eigenvalue weighted by atomic mass is 35.5. The number of hydrogen-bond donors (Lipinski definition) is 1. The second-order valence-corrected chi connectivity index (χ2v) is 9.51. The molecule has 0 spiro atoms. The van der Waals surface area contributed by atoms with Crippen molar-refractivity contribution in [1.29, 1.82) is 0 Å². The van der Waals surface area contributed by atoms with Gasteiger partial charge in [0.05, 0.1) is 22.2 Å². The zero-order valence-corrected chi connectivity index (χ0v) is 20.1. The van der Waals surface area contributed by atoms with E-state index >= 15 is 0 Å². The first-order chi connectivity index (χ1) is 15.0. The van der Waals surface area contributed by atoms with Crippen molar-refractivity contribution in [2.24, 2.45) is 0 Å². The Balaban J connectivity index is 1.57. The number of rotatable bonds is 10. The molecule has 0 aliphatic carbocycles. The maximum atomic E-state index is 12.4. The molecule has 0 saturated carbocycles. The number of thioether (sulfide) groups is 2. The Morgan fingerprint density at radius 3 is 2.68 bits per heavy atom. The standard InChI is InChI=1S/C22H22Cl2N4OS2/c1-3-10-28-20(13-30-12-16-6-4-15(2)5-7-16)26-27-22(28)31-14-21(29)25-19-11-17(23)8-9-18(19)24/h3-9,11H,1,10,12-14H2,2H3,(H,25,29). The van der Waals surface area contributed by atoms with Gasteiger partial charge >= 0.3 is 0 Å². The molecule has 31 heavy (non-hydrogen) atoms. The lowest BCUT2D eigenvalue weighted by atomic mass is 10.2. The molecule has 0 unspecified atom stereocenters. The van der Waals surface area contributed by atoms with Crippen LogP contribution in [0.15, 0.2) is 60.3 Å². The number of benzene rings is 2. The monoisotopic (exact) mass is 492 g/mol. The average molecular weight is 493 g/mol. The first-order valence-electron chi connectivity index (χ1n) is 9.50. The molecule has 1 heterocycles. The van der Waals surface area contributed by atoms with E-state index in [2.05, 4.69) is 53.3 Å². The minimum Gasteiger partial charge on any atom is -0.324 e. The first-order valence-corrected chi connectivity index (χ1v) is 12.4. The highest BCUT2D eigenvalue weighted by Crippen LogP contribution is 2.26. The van der Waals surface area contributed by atoms with Crippen LogP contribution in [0, 0.1) is 6.92 Å². The topological polar surface area (TPSA) is 59.8 Å². The molecule has 162 valence electrons. The van der Waals surface area contributed by atoms with Gasteiger partial charge in [-0.3, -0.25) is 4.79 Å². The Labute approximate surface area is 200 Å². The summed E-state index contributed by atoms with van der Waals surface area (Å²) in [5.74, 6) is 2.45. The number of halogens is 2. The Morgan fingerprint density at radius 1 is 1.16 bits per heavy atom. The number of anilines is 1. The third-order valence-corrected chi connectivity index (χ3v) is 6.79. The second-order valence-electron chi connectivity index (χ2n) is 6.74. The van der Waals surface area contributed by atoms with Gasteiger partial charge in [0.15, 0.2) is 5.16 Å². The predicted molar refractivity (Wildman–Crippen MR) is 132 cm³/mol. The maximum Gasteiger partial charge on any atom is 0.234 e. The SMILES string of the molecule is C=CCn1c(CSCc2ccc(C)cc2)nnc1SCC(=O)Nc1cc(Cl)ccc1Cl. The van der Waals surface area contributed by atoms with Crippen molar-refractivity contribution in [2.45, 2.75) is 30.1 Å². The minimum absolute atomic E-state index is 0.175. The van der Waals surface area contributed by atoms with Crippen molar-refractivity contribution < 1.29 is 4.79 Å². The van der Waals surface area contributed by atoms with E-state index in [1.54, 1.807) is 36.0 Å². The van der Waals surface area contributed by atoms with Gasteiger partial charge in [-0.2, -0.15) is 0 Å². The van der Waals surface area contributed by atoms with E-state index in [0.717, 1.165) is 17.3 Å². The average Bonchev–Trinajstić information content (AvgIpc) is 3.12. The molecule has 0 saturated heterocycles. The van der Waals surface area contributed by atoms with E-state index in [0.29, 0.717) is 27.4 Å². The number of aryl methyl sites for hydroxylation is 1. The Kier molecular flexibility index (Phi) is 8.90. The van der Waals surface area contributed by atoms with Crippen LogP contribution in [-0.2, 0) is 22.8 Å². The normalized spacial score (nSPS) is 10.8. The van der Waals surface area contributed by atoms with Gasteiger partial charge in [0, 0.05) is 17.3 Å². The molecule has 2 aromatic carbocycles. The minimum atomic E-state index is -0.197. The molecule has 9 heteroatoms. The van der Waals surface area contributed by atoms with Gasteiger partial charge in [0.1, 0.15) is 5.82 Å². The largest absolute Gasteiger partial charge is 0.324 e. The summed E-state index contributed by atoms with van der Waals surface area (Å²) >= 11 is 15.2. The summed E-state index contributed by atoms with van der Waals surface area (Å²) in [5, 5.41) is 13.0. The fourth-order valence-electron chi connectivity index (χ4n) is 2.70. The number of carbonyl (C=O) groups is 1. The van der Waals surface area contributed by atoms with Gasteiger partial charge in [-0.1, -0.05) is 70.9 Å². The summed E-state index contributed by atoms with van der Waals surface area (Å²) in [6, 6.07) is 13.5. The molecule has 3 rings (SSSR count). The summed E-state index contributed by atoms with van der Waals surface area (Å²) in [7, 11) is 0. The lowest BCUT2D eigenvalue weighted by Crippen LogP contribution is -2.15. The Morgan fingerprint density at radius 2 is 1.94 bits per heavy atom. The quantitative estimate of drug-likeness (QED) is 0.268. The summed E-state index contributed by atoms with van der Waals surface area (Å²) in [5.41, 5.74) is 3.01. The van der Waals surface area contributed by atoms with Gasteiger partial charge < -0.3 is 9.88 Å². The highest BCUT2D eigenvalue weighted by molar-refractivity contribution is 7.99. The summed E-state index contributed by atoms with van der Waals surface area (Å²) in [4.78, 5) is 12.4. The van der Waals surface area contributed by atoms with Crippen molar-refractivity contribution >= 4 is 58.3 Å². The predicted octanol–water partition coefficient (Wildman–Crippen LogP) is 6.24. The molecule has 1 amide bonds. The number of amides is 1. The highest BCUT2D eigenvalue weighted by Gasteiger charge is 2.14. The maximum absolute atomic E-state index is 12.4. The molecule has 3 aromatic rings. The van der Waals surface area contributed by atoms with Crippen LogP contribution >= 0.6 is 46.7 Å². The van der Waals surface area contributed by atoms with E-state index in [9.17, 15) is 4.79 Å². The summed E-state index contributed by atoms with van der Waals surface area (Å²) in [6.45, 7) is 6.49. The number of carbonyl (C=O) groups excluding carboxylic acids is 1. The van der Waals surface area contributed by atoms with E-state index in [1.807, 2.05) is 4.57 Å². The molecule has 0 bridgehead atoms. The molecule has 0 aliphatic rings. The van der Waals surface area contributed by atoms with Crippen molar-refractivity contribution in [1.82, 2.24) is 14.8 Å². The van der Waals surface area contributed by atoms with E-state index in [-0.39, 0.29) is 11.7 Å². The van der Waals surface area contributed by atoms with E-state index < -0.39 is 0 Å². The molecule has 0 atom stereocenters. The first kappa shape index (κ1) is 23.7. The lowest BCUT2D eigenvalue weighted by Gasteiger charge is -2.09. The molecule has 0 fully saturated rings. The van der Waals surface area contributed by atoms with Crippen LogP contribution in [0.4, 0.5) is 5.69 Å². The zero-order chi connectivity index (χ0) is 22.2.